The van der Waals surface area contributed by atoms with E-state index < -0.39 is 11.7 Å². The normalized spacial score (nSPS) is 11.0. The van der Waals surface area contributed by atoms with E-state index in [1.54, 1.807) is 36.0 Å². The number of benzene rings is 2. The molecule has 3 aromatic rings. The lowest BCUT2D eigenvalue weighted by Gasteiger charge is -2.11. The molecule has 0 radical (unpaired) electrons. The molecule has 0 saturated heterocycles. The van der Waals surface area contributed by atoms with Gasteiger partial charge >= 0.3 is 0 Å². The molecule has 0 atom stereocenters. The number of thioether (sulfide) groups is 1. The van der Waals surface area contributed by atoms with Gasteiger partial charge in [-0.05, 0) is 60.2 Å². The Morgan fingerprint density at radius 1 is 1.29 bits per heavy atom. The zero-order valence-electron chi connectivity index (χ0n) is 15.3. The van der Waals surface area contributed by atoms with Gasteiger partial charge in [0.15, 0.2) is 0 Å². The smallest absolute Gasteiger partial charge is 0.256 e. The highest BCUT2D eigenvalue weighted by molar-refractivity contribution is 7.98. The highest BCUT2D eigenvalue weighted by Crippen LogP contribution is 2.30. The van der Waals surface area contributed by atoms with Crippen LogP contribution in [0.1, 0.15) is 27.9 Å². The second-order valence-electron chi connectivity index (χ2n) is 6.39. The molecule has 146 valence electrons. The van der Waals surface area contributed by atoms with Gasteiger partial charge in [-0.3, -0.25) is 9.78 Å². The number of amides is 1. The van der Waals surface area contributed by atoms with Crippen molar-refractivity contribution in [1.82, 2.24) is 10.3 Å². The fourth-order valence-electron chi connectivity index (χ4n) is 2.97. The zero-order valence-corrected chi connectivity index (χ0v) is 16.9. The van der Waals surface area contributed by atoms with E-state index in [2.05, 4.69) is 10.3 Å². The first-order valence-corrected chi connectivity index (χ1v) is 10.6. The molecule has 1 aromatic heterocycles. The second kappa shape index (κ2) is 9.26. The van der Waals surface area contributed by atoms with E-state index in [1.165, 1.54) is 18.3 Å². The van der Waals surface area contributed by atoms with Gasteiger partial charge in [-0.2, -0.15) is 11.8 Å². The van der Waals surface area contributed by atoms with Gasteiger partial charge in [-0.1, -0.05) is 23.7 Å². The van der Waals surface area contributed by atoms with Crippen LogP contribution in [0.15, 0.2) is 42.6 Å². The van der Waals surface area contributed by atoms with Gasteiger partial charge < -0.3 is 10.4 Å². The number of aryl methyl sites for hydroxylation is 1. The molecule has 0 saturated carbocycles. The number of carbonyl (C=O) groups is 1. The molecule has 1 heterocycles. The van der Waals surface area contributed by atoms with Crippen LogP contribution in [0.2, 0.25) is 5.02 Å². The molecule has 0 bridgehead atoms. The Labute approximate surface area is 172 Å². The van der Waals surface area contributed by atoms with Crippen LogP contribution in [0.3, 0.4) is 0 Å². The lowest BCUT2D eigenvalue weighted by atomic mass is 10.0. The van der Waals surface area contributed by atoms with Crippen LogP contribution in [0, 0.1) is 5.82 Å². The molecule has 7 heteroatoms. The molecule has 0 fully saturated rings. The van der Waals surface area contributed by atoms with Gasteiger partial charge in [0.05, 0.1) is 5.52 Å². The Balaban J connectivity index is 1.84. The van der Waals surface area contributed by atoms with Crippen LogP contribution in [0.25, 0.3) is 10.9 Å². The Bertz CT molecular complexity index is 996. The van der Waals surface area contributed by atoms with E-state index in [1.807, 2.05) is 6.26 Å². The standard InChI is InChI=1S/C21H20ClFN2O2S/c1-28-8-2-3-14-9-16(23)10-17-19(14)24-12-18(20(17)26)21(27)25-11-13-4-6-15(22)7-5-13/h4-7,9-10,12H,2-3,8,11H2,1H3,(H,24,26)(H,25,27). The predicted octanol–water partition coefficient (Wildman–Crippen LogP) is 4.96. The first-order valence-electron chi connectivity index (χ1n) is 8.81. The van der Waals surface area contributed by atoms with Crippen LogP contribution < -0.4 is 5.32 Å². The molecule has 0 aliphatic heterocycles. The van der Waals surface area contributed by atoms with Crippen molar-refractivity contribution in [1.29, 1.82) is 0 Å². The summed E-state index contributed by atoms with van der Waals surface area (Å²) in [6.45, 7) is 0.274. The van der Waals surface area contributed by atoms with Gasteiger partial charge in [0, 0.05) is 23.2 Å². The summed E-state index contributed by atoms with van der Waals surface area (Å²) in [7, 11) is 0. The van der Waals surface area contributed by atoms with Crippen molar-refractivity contribution in [3.8, 4) is 5.75 Å². The maximum Gasteiger partial charge on any atom is 0.256 e. The van der Waals surface area contributed by atoms with Crippen LogP contribution in [0.4, 0.5) is 4.39 Å². The minimum absolute atomic E-state index is 0.0159. The van der Waals surface area contributed by atoms with Crippen LogP contribution in [-0.2, 0) is 13.0 Å². The van der Waals surface area contributed by atoms with E-state index in [-0.39, 0.29) is 23.2 Å². The van der Waals surface area contributed by atoms with Gasteiger partial charge in [0.25, 0.3) is 5.91 Å². The highest BCUT2D eigenvalue weighted by atomic mass is 35.5. The van der Waals surface area contributed by atoms with Crippen molar-refractivity contribution in [3.63, 3.8) is 0 Å². The Kier molecular flexibility index (Phi) is 6.75. The second-order valence-corrected chi connectivity index (χ2v) is 7.81. The van der Waals surface area contributed by atoms with Crippen LogP contribution >= 0.6 is 23.4 Å². The van der Waals surface area contributed by atoms with Gasteiger partial charge in [-0.15, -0.1) is 0 Å². The average molecular weight is 419 g/mol. The summed E-state index contributed by atoms with van der Waals surface area (Å²) in [6.07, 6.45) is 4.89. The van der Waals surface area contributed by atoms with E-state index in [4.69, 9.17) is 11.6 Å². The number of carbonyl (C=O) groups excluding carboxylic acids is 1. The fraction of sp³-hybridized carbons (Fsp3) is 0.238. The van der Waals surface area contributed by atoms with Crippen molar-refractivity contribution >= 4 is 40.2 Å². The quantitative estimate of drug-likeness (QED) is 0.532. The molecule has 28 heavy (non-hydrogen) atoms. The molecular formula is C21H20ClFN2O2S. The van der Waals surface area contributed by atoms with E-state index in [0.717, 1.165) is 23.3 Å². The number of hydrogen-bond acceptors (Lipinski definition) is 4. The Morgan fingerprint density at radius 2 is 2.04 bits per heavy atom. The fourth-order valence-corrected chi connectivity index (χ4v) is 3.53. The summed E-state index contributed by atoms with van der Waals surface area (Å²) in [5, 5.41) is 14.2. The number of fused-ring (bicyclic) bond motifs is 1. The summed E-state index contributed by atoms with van der Waals surface area (Å²) in [6, 6.07) is 9.73. The summed E-state index contributed by atoms with van der Waals surface area (Å²) < 4.78 is 14.1. The summed E-state index contributed by atoms with van der Waals surface area (Å²) in [5.41, 5.74) is 2.14. The molecular weight excluding hydrogens is 399 g/mol. The number of rotatable bonds is 7. The third kappa shape index (κ3) is 4.75. The number of hydrogen-bond donors (Lipinski definition) is 2. The first kappa shape index (κ1) is 20.4. The largest absolute Gasteiger partial charge is 0.506 e. The van der Waals surface area contributed by atoms with Gasteiger partial charge in [0.1, 0.15) is 17.1 Å². The number of aromatic nitrogens is 1. The van der Waals surface area contributed by atoms with Crippen molar-refractivity contribution < 1.29 is 14.3 Å². The molecule has 2 N–H and O–H groups in total. The molecule has 1 amide bonds. The summed E-state index contributed by atoms with van der Waals surface area (Å²) in [4.78, 5) is 16.8. The average Bonchev–Trinajstić information content (AvgIpc) is 2.68. The minimum atomic E-state index is -0.477. The molecule has 0 unspecified atom stereocenters. The van der Waals surface area contributed by atoms with Gasteiger partial charge in [0.2, 0.25) is 0 Å². The molecule has 2 aromatic carbocycles. The SMILES string of the molecule is CSCCCc1cc(F)cc2c(O)c(C(=O)NCc3ccc(Cl)cc3)cnc12. The summed E-state index contributed by atoms with van der Waals surface area (Å²) >= 11 is 7.57. The Morgan fingerprint density at radius 3 is 2.75 bits per heavy atom. The number of nitrogens with zero attached hydrogens (tertiary/aromatic N) is 1. The number of pyridine rings is 1. The predicted molar refractivity (Wildman–Crippen MR) is 113 cm³/mol. The third-order valence-electron chi connectivity index (χ3n) is 4.39. The number of halogens is 2. The lowest BCUT2D eigenvalue weighted by Crippen LogP contribution is -2.23. The molecule has 0 aliphatic rings. The van der Waals surface area contributed by atoms with Crippen molar-refractivity contribution in [2.45, 2.75) is 19.4 Å². The van der Waals surface area contributed by atoms with Gasteiger partial charge in [-0.25, -0.2) is 4.39 Å². The van der Waals surface area contributed by atoms with E-state index in [0.29, 0.717) is 17.0 Å². The highest BCUT2D eigenvalue weighted by Gasteiger charge is 2.17. The minimum Gasteiger partial charge on any atom is -0.506 e. The zero-order chi connectivity index (χ0) is 20.1. The monoisotopic (exact) mass is 418 g/mol. The molecule has 0 aliphatic carbocycles. The van der Waals surface area contributed by atoms with Crippen molar-refractivity contribution in [2.24, 2.45) is 0 Å². The number of aromatic hydroxyl groups is 1. The number of nitrogens with one attached hydrogen (secondary N) is 1. The summed E-state index contributed by atoms with van der Waals surface area (Å²) in [5.74, 6) is -0.239. The van der Waals surface area contributed by atoms with Crippen molar-refractivity contribution in [3.05, 3.63) is 70.1 Å². The molecule has 4 nitrogen and oxygen atoms in total. The first-order chi connectivity index (χ1) is 13.5. The van der Waals surface area contributed by atoms with E-state index >= 15 is 0 Å². The van der Waals surface area contributed by atoms with Crippen LogP contribution in [0.5, 0.6) is 5.75 Å². The van der Waals surface area contributed by atoms with Crippen molar-refractivity contribution in [2.75, 3.05) is 12.0 Å². The molecule has 0 spiro atoms. The maximum atomic E-state index is 14.1. The van der Waals surface area contributed by atoms with Crippen LogP contribution in [-0.4, -0.2) is 28.0 Å². The Hall–Kier alpha value is -2.31. The molecule has 3 rings (SSSR count). The third-order valence-corrected chi connectivity index (χ3v) is 5.34. The maximum absolute atomic E-state index is 14.1. The lowest BCUT2D eigenvalue weighted by molar-refractivity contribution is 0.0948. The van der Waals surface area contributed by atoms with E-state index in [9.17, 15) is 14.3 Å². The topological polar surface area (TPSA) is 62.2 Å².